The summed E-state index contributed by atoms with van der Waals surface area (Å²) in [5.74, 6) is -2.57. The second kappa shape index (κ2) is 6.55. The van der Waals surface area contributed by atoms with E-state index in [-0.39, 0.29) is 25.0 Å². The summed E-state index contributed by atoms with van der Waals surface area (Å²) in [5.41, 5.74) is -4.94. The van der Waals surface area contributed by atoms with Gasteiger partial charge in [-0.3, -0.25) is 9.59 Å². The number of hydrogen-bond donors (Lipinski definition) is 2. The molecule has 190 valence electrons. The molecule has 3 saturated heterocycles. The highest BCUT2D eigenvalue weighted by Gasteiger charge is 2.90. The number of ketones is 1. The van der Waals surface area contributed by atoms with Gasteiger partial charge in [-0.05, 0) is 33.3 Å². The van der Waals surface area contributed by atoms with Crippen LogP contribution >= 0.6 is 0 Å². The van der Waals surface area contributed by atoms with E-state index in [2.05, 4.69) is 0 Å². The maximum atomic E-state index is 14.2. The Labute approximate surface area is 203 Å². The van der Waals surface area contributed by atoms with E-state index in [1.807, 2.05) is 13.8 Å². The van der Waals surface area contributed by atoms with Gasteiger partial charge >= 0.3 is 11.9 Å². The quantitative estimate of drug-likeness (QED) is 0.450. The minimum Gasteiger partial charge on any atom is -0.472 e. The topological polar surface area (TPSA) is 136 Å². The number of fused-ring (bicyclic) bond motifs is 3. The molecule has 9 nitrogen and oxygen atoms in total. The molecule has 4 heterocycles. The predicted molar refractivity (Wildman–Crippen MR) is 117 cm³/mol. The molecule has 5 fully saturated rings. The van der Waals surface area contributed by atoms with Crippen molar-refractivity contribution < 1.29 is 43.2 Å². The molecule has 0 bridgehead atoms. The van der Waals surface area contributed by atoms with Gasteiger partial charge in [0, 0.05) is 34.7 Å². The van der Waals surface area contributed by atoms with Crippen LogP contribution in [0.25, 0.3) is 0 Å². The Kier molecular flexibility index (Phi) is 4.34. The van der Waals surface area contributed by atoms with Crippen LogP contribution in [0.3, 0.4) is 0 Å². The fourth-order valence-corrected chi connectivity index (χ4v) is 9.05. The predicted octanol–water partition coefficient (Wildman–Crippen LogP) is 2.09. The molecule has 2 N–H and O–H groups in total. The highest BCUT2D eigenvalue weighted by Crippen LogP contribution is 2.78. The van der Waals surface area contributed by atoms with Gasteiger partial charge in [0.2, 0.25) is 0 Å². The van der Waals surface area contributed by atoms with Crippen LogP contribution in [0.2, 0.25) is 0 Å². The highest BCUT2D eigenvalue weighted by molar-refractivity contribution is 5.93. The lowest BCUT2D eigenvalue weighted by atomic mass is 9.36. The average molecular weight is 489 g/mol. The lowest BCUT2D eigenvalue weighted by molar-refractivity contribution is -0.257. The number of furan rings is 1. The molecule has 5 aliphatic rings. The number of aliphatic hydroxyl groups is 2. The normalized spacial score (nSPS) is 52.1. The van der Waals surface area contributed by atoms with Crippen LogP contribution in [0.15, 0.2) is 23.0 Å². The first-order valence-electron chi connectivity index (χ1n) is 12.3. The van der Waals surface area contributed by atoms with Crippen molar-refractivity contribution in [3.63, 3.8) is 0 Å². The molecule has 1 aromatic heterocycles. The fraction of sp³-hybridized carbons (Fsp3) is 0.731. The third-order valence-corrected chi connectivity index (χ3v) is 10.4. The number of aliphatic hydroxyl groups excluding tert-OH is 2. The highest BCUT2D eigenvalue weighted by atomic mass is 16.7. The summed E-state index contributed by atoms with van der Waals surface area (Å²) in [6, 6.07) is 1.71. The van der Waals surface area contributed by atoms with Crippen molar-refractivity contribution >= 4 is 17.7 Å². The van der Waals surface area contributed by atoms with E-state index in [4.69, 9.17) is 18.6 Å². The second-order valence-corrected chi connectivity index (χ2v) is 12.3. The third kappa shape index (κ3) is 2.42. The van der Waals surface area contributed by atoms with Crippen LogP contribution in [-0.2, 0) is 28.6 Å². The van der Waals surface area contributed by atoms with E-state index in [1.54, 1.807) is 26.8 Å². The number of carbonyl (C=O) groups is 3. The van der Waals surface area contributed by atoms with Crippen LogP contribution in [0, 0.1) is 28.1 Å². The van der Waals surface area contributed by atoms with Crippen molar-refractivity contribution in [2.24, 2.45) is 28.1 Å². The van der Waals surface area contributed by atoms with Gasteiger partial charge in [0.1, 0.15) is 23.1 Å². The summed E-state index contributed by atoms with van der Waals surface area (Å²) < 4.78 is 23.0. The molecule has 0 radical (unpaired) electrons. The zero-order chi connectivity index (χ0) is 25.3. The van der Waals surface area contributed by atoms with E-state index < -0.39 is 75.6 Å². The van der Waals surface area contributed by atoms with Crippen LogP contribution in [0.5, 0.6) is 0 Å². The van der Waals surface area contributed by atoms with E-state index >= 15 is 0 Å². The standard InChI is InChI=1S/C26H32O9/c1-22(2)14-8-16(29)25(5)18(24(14,4)15(28)9-17(30)34-22)13(27)10-23(3)19(12-6-7-32-11-12)33-21(31)20-26(23,25)35-20/h6-7,11,13-15,18-20,27-28H,8-10H2,1-5H3/t13-,14-,15+,18-,19+,20-,23-,24+,25-,26-/m1/s1. The number of epoxide rings is 1. The van der Waals surface area contributed by atoms with E-state index in [0.29, 0.717) is 5.56 Å². The van der Waals surface area contributed by atoms with Crippen molar-refractivity contribution in [3.05, 3.63) is 24.2 Å². The average Bonchev–Trinajstić information content (AvgIpc) is 3.34. The Hall–Kier alpha value is -2.23. The van der Waals surface area contributed by atoms with Crippen LogP contribution in [-0.4, -0.2) is 57.4 Å². The van der Waals surface area contributed by atoms with Crippen LogP contribution < -0.4 is 0 Å². The van der Waals surface area contributed by atoms with Gasteiger partial charge < -0.3 is 28.8 Å². The van der Waals surface area contributed by atoms with Gasteiger partial charge in [-0.2, -0.15) is 0 Å². The number of carbonyl (C=O) groups excluding carboxylic acids is 3. The van der Waals surface area contributed by atoms with Crippen LogP contribution in [0.1, 0.15) is 65.5 Å². The van der Waals surface area contributed by atoms with Crippen molar-refractivity contribution in [3.8, 4) is 0 Å². The summed E-state index contributed by atoms with van der Waals surface area (Å²) in [6.45, 7) is 9.01. The van der Waals surface area contributed by atoms with Crippen molar-refractivity contribution in [1.82, 2.24) is 0 Å². The summed E-state index contributed by atoms with van der Waals surface area (Å²) >= 11 is 0. The molecule has 1 aromatic rings. The Morgan fingerprint density at radius 3 is 2.37 bits per heavy atom. The van der Waals surface area contributed by atoms with Gasteiger partial charge in [0.15, 0.2) is 6.10 Å². The second-order valence-electron chi connectivity index (χ2n) is 12.3. The first kappa shape index (κ1) is 23.2. The first-order chi connectivity index (χ1) is 16.2. The monoisotopic (exact) mass is 488 g/mol. The molecule has 0 aromatic carbocycles. The van der Waals surface area contributed by atoms with Gasteiger partial charge in [0.05, 0.1) is 36.6 Å². The van der Waals surface area contributed by atoms with Crippen molar-refractivity contribution in [1.29, 1.82) is 0 Å². The molecule has 2 saturated carbocycles. The molecule has 1 spiro atoms. The molecule has 35 heavy (non-hydrogen) atoms. The Bertz CT molecular complexity index is 1130. The molecule has 10 atom stereocenters. The molecular weight excluding hydrogens is 456 g/mol. The number of hydrogen-bond acceptors (Lipinski definition) is 9. The van der Waals surface area contributed by atoms with Crippen molar-refractivity contribution in [2.75, 3.05) is 0 Å². The Balaban J connectivity index is 1.56. The van der Waals surface area contributed by atoms with Crippen molar-refractivity contribution in [2.45, 2.75) is 89.5 Å². The van der Waals surface area contributed by atoms with E-state index in [1.165, 1.54) is 12.5 Å². The molecular formula is C26H32O9. The summed E-state index contributed by atoms with van der Waals surface area (Å²) in [5, 5.41) is 23.3. The summed E-state index contributed by atoms with van der Waals surface area (Å²) in [6.07, 6.45) is -0.973. The number of rotatable bonds is 1. The van der Waals surface area contributed by atoms with E-state index in [9.17, 15) is 24.6 Å². The largest absolute Gasteiger partial charge is 0.472 e. The summed E-state index contributed by atoms with van der Waals surface area (Å²) in [7, 11) is 0. The lowest BCUT2D eigenvalue weighted by Gasteiger charge is -2.67. The minimum atomic E-state index is -1.32. The molecule has 3 aliphatic heterocycles. The minimum absolute atomic E-state index is 0.0207. The van der Waals surface area contributed by atoms with Gasteiger partial charge in [-0.1, -0.05) is 13.8 Å². The zero-order valence-electron chi connectivity index (χ0n) is 20.6. The molecule has 6 rings (SSSR count). The number of cyclic esters (lactones) is 2. The lowest BCUT2D eigenvalue weighted by Crippen LogP contribution is -2.75. The third-order valence-electron chi connectivity index (χ3n) is 10.4. The Morgan fingerprint density at radius 1 is 1.00 bits per heavy atom. The molecule has 9 heteroatoms. The molecule has 2 aliphatic carbocycles. The van der Waals surface area contributed by atoms with E-state index in [0.717, 1.165) is 0 Å². The number of ether oxygens (including phenoxy) is 3. The smallest absolute Gasteiger partial charge is 0.339 e. The van der Waals surface area contributed by atoms with Gasteiger partial charge in [0.25, 0.3) is 0 Å². The molecule has 0 amide bonds. The Morgan fingerprint density at radius 2 is 1.71 bits per heavy atom. The fourth-order valence-electron chi connectivity index (χ4n) is 9.05. The zero-order valence-corrected chi connectivity index (χ0v) is 20.6. The number of esters is 2. The maximum Gasteiger partial charge on any atom is 0.339 e. The maximum absolute atomic E-state index is 14.2. The van der Waals surface area contributed by atoms with Gasteiger partial charge in [-0.25, -0.2) is 4.79 Å². The summed E-state index contributed by atoms with van der Waals surface area (Å²) in [4.78, 5) is 39.9. The van der Waals surface area contributed by atoms with Gasteiger partial charge in [-0.15, -0.1) is 0 Å². The first-order valence-corrected chi connectivity index (χ1v) is 12.3. The van der Waals surface area contributed by atoms with Crippen LogP contribution in [0.4, 0.5) is 0 Å². The number of Topliss-reactive ketones (excluding diaryl/α,β-unsaturated/α-hetero) is 1. The molecule has 0 unspecified atom stereocenters. The SMILES string of the molecule is CC1(C)OC(=O)C[C@H](O)[C@]2(C)[C@@H]1CC(=O)[C@]1(C)[C@@H]2[C@H](O)C[C@]2(C)[C@H](c3ccoc3)OC(=O)[C@H]3O[C@]321.